The van der Waals surface area contributed by atoms with Crippen LogP contribution in [0.25, 0.3) is 0 Å². The van der Waals surface area contributed by atoms with E-state index in [4.69, 9.17) is 0 Å². The van der Waals surface area contributed by atoms with Gasteiger partial charge in [-0.15, -0.1) is 0 Å². The molecule has 0 aromatic heterocycles. The fourth-order valence-electron chi connectivity index (χ4n) is 4.38. The minimum absolute atomic E-state index is 0.0994. The van der Waals surface area contributed by atoms with E-state index in [0.29, 0.717) is 29.9 Å². The highest BCUT2D eigenvalue weighted by Crippen LogP contribution is 2.24. The fraction of sp³-hybridized carbons (Fsp3) is 0.462. The molecule has 0 spiro atoms. The minimum atomic E-state index is -3.69. The molecular weight excluding hydrogens is 450 g/mol. The molecule has 34 heavy (non-hydrogen) atoms. The third-order valence-electron chi connectivity index (χ3n) is 6.45. The van der Waals surface area contributed by atoms with Gasteiger partial charge >= 0.3 is 0 Å². The Morgan fingerprint density at radius 2 is 1.50 bits per heavy atom. The summed E-state index contributed by atoms with van der Waals surface area (Å²) in [6.07, 6.45) is 5.55. The minimum Gasteiger partial charge on any atom is -0.349 e. The lowest BCUT2D eigenvalue weighted by Gasteiger charge is -2.23. The number of nitrogens with zero attached hydrogens (tertiary/aromatic N) is 1. The average molecular weight is 486 g/mol. The number of hydrogen-bond acceptors (Lipinski definition) is 4. The molecule has 2 aromatic carbocycles. The van der Waals surface area contributed by atoms with E-state index in [-0.39, 0.29) is 22.4 Å². The lowest BCUT2D eigenvalue weighted by molar-refractivity contribution is 0.0927. The van der Waals surface area contributed by atoms with Gasteiger partial charge in [-0.05, 0) is 68.1 Å². The van der Waals surface area contributed by atoms with Crippen LogP contribution in [0.1, 0.15) is 77.8 Å². The third kappa shape index (κ3) is 5.85. The largest absolute Gasteiger partial charge is 0.349 e. The normalized spacial score (nSPS) is 14.7. The van der Waals surface area contributed by atoms with Crippen molar-refractivity contribution in [3.8, 4) is 0 Å². The van der Waals surface area contributed by atoms with E-state index in [0.717, 1.165) is 31.2 Å². The van der Waals surface area contributed by atoms with Gasteiger partial charge in [-0.3, -0.25) is 9.59 Å². The van der Waals surface area contributed by atoms with E-state index >= 15 is 0 Å². The summed E-state index contributed by atoms with van der Waals surface area (Å²) in [6, 6.07) is 10.1. The van der Waals surface area contributed by atoms with Crippen LogP contribution < -0.4 is 10.6 Å². The van der Waals surface area contributed by atoms with Gasteiger partial charge in [0.2, 0.25) is 10.0 Å². The Hall–Kier alpha value is -2.71. The molecule has 1 fully saturated rings. The first-order valence-electron chi connectivity index (χ1n) is 12.0. The molecule has 0 radical (unpaired) electrons. The van der Waals surface area contributed by atoms with E-state index in [1.807, 2.05) is 6.92 Å². The van der Waals surface area contributed by atoms with Crippen LogP contribution in [0.5, 0.6) is 0 Å². The second-order valence-electron chi connectivity index (χ2n) is 8.86. The third-order valence-corrected chi connectivity index (χ3v) is 8.64. The van der Waals surface area contributed by atoms with Crippen molar-refractivity contribution in [1.29, 1.82) is 0 Å². The highest BCUT2D eigenvalue weighted by molar-refractivity contribution is 7.89. The van der Waals surface area contributed by atoms with Crippen LogP contribution in [-0.2, 0) is 10.0 Å². The standard InChI is InChI=1S/C26H35N3O4S/c1-5-29(6-2)34(32,33)24-17-21(13-12-18(24)3)26(31)28-23-15-14-20(16-19(23)4)25(30)27-22-10-8-7-9-11-22/h12-17,22H,5-11H2,1-4H3,(H,27,30)(H,28,31). The van der Waals surface area contributed by atoms with Crippen LogP contribution in [0, 0.1) is 13.8 Å². The van der Waals surface area contributed by atoms with Crippen LogP contribution in [0.4, 0.5) is 5.69 Å². The molecule has 0 heterocycles. The lowest BCUT2D eigenvalue weighted by Crippen LogP contribution is -2.36. The number of benzene rings is 2. The molecule has 1 saturated carbocycles. The average Bonchev–Trinajstić information content (AvgIpc) is 2.81. The van der Waals surface area contributed by atoms with E-state index < -0.39 is 15.9 Å². The van der Waals surface area contributed by atoms with Crippen LogP contribution in [-0.4, -0.2) is 43.7 Å². The fourth-order valence-corrected chi connectivity index (χ4v) is 6.09. The van der Waals surface area contributed by atoms with Crippen molar-refractivity contribution in [2.24, 2.45) is 0 Å². The molecule has 2 N–H and O–H groups in total. The maximum Gasteiger partial charge on any atom is 0.255 e. The zero-order valence-electron chi connectivity index (χ0n) is 20.5. The molecule has 0 atom stereocenters. The highest BCUT2D eigenvalue weighted by Gasteiger charge is 2.25. The summed E-state index contributed by atoms with van der Waals surface area (Å²) in [5.74, 6) is -0.504. The van der Waals surface area contributed by atoms with E-state index in [9.17, 15) is 18.0 Å². The monoisotopic (exact) mass is 485 g/mol. The van der Waals surface area contributed by atoms with Crippen molar-refractivity contribution >= 4 is 27.5 Å². The zero-order chi connectivity index (χ0) is 24.9. The van der Waals surface area contributed by atoms with Gasteiger partial charge in [0.25, 0.3) is 11.8 Å². The Bertz CT molecular complexity index is 1150. The smallest absolute Gasteiger partial charge is 0.255 e. The van der Waals surface area contributed by atoms with Crippen LogP contribution in [0.15, 0.2) is 41.3 Å². The molecule has 3 rings (SSSR count). The summed E-state index contributed by atoms with van der Waals surface area (Å²) < 4.78 is 27.4. The van der Waals surface area contributed by atoms with Crippen LogP contribution >= 0.6 is 0 Å². The van der Waals surface area contributed by atoms with Gasteiger partial charge in [-0.1, -0.05) is 39.2 Å². The maximum absolute atomic E-state index is 13.0. The number of sulfonamides is 1. The molecule has 8 heteroatoms. The number of carbonyl (C=O) groups excluding carboxylic acids is 2. The first-order valence-corrected chi connectivity index (χ1v) is 13.4. The van der Waals surface area contributed by atoms with Crippen LogP contribution in [0.3, 0.4) is 0 Å². The SMILES string of the molecule is CCN(CC)S(=O)(=O)c1cc(C(=O)Nc2ccc(C(=O)NC3CCCCC3)cc2C)ccc1C. The lowest BCUT2D eigenvalue weighted by atomic mass is 9.95. The first-order chi connectivity index (χ1) is 16.2. The number of anilines is 1. The molecule has 184 valence electrons. The summed E-state index contributed by atoms with van der Waals surface area (Å²) >= 11 is 0. The van der Waals surface area contributed by atoms with Gasteiger partial charge in [-0.2, -0.15) is 4.31 Å². The van der Waals surface area contributed by atoms with Crippen molar-refractivity contribution in [2.45, 2.75) is 70.7 Å². The zero-order valence-corrected chi connectivity index (χ0v) is 21.3. The number of rotatable bonds is 8. The summed E-state index contributed by atoms with van der Waals surface area (Å²) in [5, 5.41) is 5.96. The predicted octanol–water partition coefficient (Wildman–Crippen LogP) is 4.65. The molecule has 0 aliphatic heterocycles. The summed E-state index contributed by atoms with van der Waals surface area (Å²) in [5.41, 5.74) is 2.74. The second kappa shape index (κ2) is 11.1. The number of hydrogen-bond donors (Lipinski definition) is 2. The Labute approximate surface area is 203 Å². The first kappa shape index (κ1) is 25.9. The number of nitrogens with one attached hydrogen (secondary N) is 2. The van der Waals surface area contributed by atoms with Gasteiger partial charge in [0.15, 0.2) is 0 Å². The molecule has 0 bridgehead atoms. The summed E-state index contributed by atoms with van der Waals surface area (Å²) in [6.45, 7) is 7.84. The Morgan fingerprint density at radius 3 is 2.12 bits per heavy atom. The molecular formula is C26H35N3O4S. The number of carbonyl (C=O) groups is 2. The molecule has 1 aliphatic carbocycles. The number of aryl methyl sites for hydroxylation is 2. The maximum atomic E-state index is 13.0. The van der Waals surface area contributed by atoms with E-state index in [2.05, 4.69) is 10.6 Å². The molecule has 0 unspecified atom stereocenters. The van der Waals surface area contributed by atoms with Gasteiger partial charge in [0.05, 0.1) is 4.90 Å². The van der Waals surface area contributed by atoms with Gasteiger partial charge in [-0.25, -0.2) is 8.42 Å². The van der Waals surface area contributed by atoms with Gasteiger partial charge in [0.1, 0.15) is 0 Å². The van der Waals surface area contributed by atoms with Crippen molar-refractivity contribution in [1.82, 2.24) is 9.62 Å². The topological polar surface area (TPSA) is 95.6 Å². The summed E-state index contributed by atoms with van der Waals surface area (Å²) in [7, 11) is -3.69. The number of amides is 2. The molecule has 1 aliphatic rings. The quantitative estimate of drug-likeness (QED) is 0.569. The van der Waals surface area contributed by atoms with Crippen LogP contribution in [0.2, 0.25) is 0 Å². The predicted molar refractivity (Wildman–Crippen MR) is 135 cm³/mol. The Kier molecular flexibility index (Phi) is 8.49. The molecule has 2 amide bonds. The molecule has 0 saturated heterocycles. The van der Waals surface area contributed by atoms with Crippen molar-refractivity contribution < 1.29 is 18.0 Å². The van der Waals surface area contributed by atoms with E-state index in [1.54, 1.807) is 51.1 Å². The Morgan fingerprint density at radius 1 is 0.882 bits per heavy atom. The highest BCUT2D eigenvalue weighted by atomic mass is 32.2. The van der Waals surface area contributed by atoms with Crippen molar-refractivity contribution in [3.05, 3.63) is 58.7 Å². The summed E-state index contributed by atoms with van der Waals surface area (Å²) in [4.78, 5) is 25.7. The van der Waals surface area contributed by atoms with Gasteiger partial charge < -0.3 is 10.6 Å². The van der Waals surface area contributed by atoms with Gasteiger partial charge in [0, 0.05) is 35.9 Å². The second-order valence-corrected chi connectivity index (χ2v) is 10.8. The van der Waals surface area contributed by atoms with Crippen molar-refractivity contribution in [2.75, 3.05) is 18.4 Å². The van der Waals surface area contributed by atoms with Crippen molar-refractivity contribution in [3.63, 3.8) is 0 Å². The molecule has 7 nitrogen and oxygen atoms in total. The van der Waals surface area contributed by atoms with E-state index in [1.165, 1.54) is 16.8 Å². The Balaban J connectivity index is 1.76. The molecule has 2 aromatic rings.